The van der Waals surface area contributed by atoms with E-state index in [1.165, 1.54) is 0 Å². The highest BCUT2D eigenvalue weighted by atomic mass is 16.5. The minimum atomic E-state index is -0.570. The van der Waals surface area contributed by atoms with Crippen LogP contribution in [-0.4, -0.2) is 18.6 Å². The van der Waals surface area contributed by atoms with Crippen LogP contribution in [0.15, 0.2) is 54.6 Å². The Hall–Kier alpha value is -2.49. The van der Waals surface area contributed by atoms with E-state index in [1.807, 2.05) is 49.4 Å². The molecule has 2 rings (SSSR count). The van der Waals surface area contributed by atoms with E-state index < -0.39 is 6.10 Å². The van der Waals surface area contributed by atoms with Gasteiger partial charge in [-0.3, -0.25) is 4.79 Å². The number of amides is 1. The number of hydrogen-bond donors (Lipinski definition) is 1. The zero-order valence-electron chi connectivity index (χ0n) is 12.2. The zero-order chi connectivity index (χ0) is 15.1. The standard InChI is InChI=1S/C17H19NO3/c1-3-20-15-11-9-14(10-12-15)18-17(19)13(2)21-16-7-5-4-6-8-16/h4-13H,3H2,1-2H3,(H,18,19)/t13-/m1/s1. The fraction of sp³-hybridized carbons (Fsp3) is 0.235. The van der Waals surface area contributed by atoms with E-state index in [0.717, 1.165) is 5.75 Å². The van der Waals surface area contributed by atoms with Gasteiger partial charge in [-0.25, -0.2) is 0 Å². The summed E-state index contributed by atoms with van der Waals surface area (Å²) in [5, 5.41) is 2.81. The molecule has 0 fully saturated rings. The van der Waals surface area contributed by atoms with E-state index in [1.54, 1.807) is 19.1 Å². The molecular weight excluding hydrogens is 266 g/mol. The number of anilines is 1. The fourth-order valence-electron chi connectivity index (χ4n) is 1.80. The Morgan fingerprint density at radius 2 is 1.71 bits per heavy atom. The third kappa shape index (κ3) is 4.53. The number of nitrogens with one attached hydrogen (secondary N) is 1. The number of para-hydroxylation sites is 1. The van der Waals surface area contributed by atoms with E-state index >= 15 is 0 Å². The third-order valence-corrected chi connectivity index (χ3v) is 2.86. The predicted molar refractivity (Wildman–Crippen MR) is 82.8 cm³/mol. The van der Waals surface area contributed by atoms with Crippen LogP contribution in [0, 0.1) is 0 Å². The van der Waals surface area contributed by atoms with Crippen molar-refractivity contribution >= 4 is 11.6 Å². The Balaban J connectivity index is 1.91. The van der Waals surface area contributed by atoms with Crippen molar-refractivity contribution in [3.63, 3.8) is 0 Å². The molecule has 0 aliphatic carbocycles. The molecule has 0 saturated carbocycles. The second-order valence-electron chi connectivity index (χ2n) is 4.52. The van der Waals surface area contributed by atoms with Gasteiger partial charge in [-0.1, -0.05) is 18.2 Å². The molecule has 0 bridgehead atoms. The lowest BCUT2D eigenvalue weighted by Crippen LogP contribution is -2.30. The van der Waals surface area contributed by atoms with E-state index in [4.69, 9.17) is 9.47 Å². The summed E-state index contributed by atoms with van der Waals surface area (Å²) in [6.07, 6.45) is -0.570. The van der Waals surface area contributed by atoms with Crippen molar-refractivity contribution in [1.82, 2.24) is 0 Å². The van der Waals surface area contributed by atoms with E-state index in [0.29, 0.717) is 18.0 Å². The SMILES string of the molecule is CCOc1ccc(NC(=O)[C@@H](C)Oc2ccccc2)cc1. The Bertz CT molecular complexity index is 566. The van der Waals surface area contributed by atoms with Crippen LogP contribution in [0.2, 0.25) is 0 Å². The summed E-state index contributed by atoms with van der Waals surface area (Å²) >= 11 is 0. The molecule has 0 aliphatic rings. The Kier molecular flexibility index (Phi) is 5.21. The minimum Gasteiger partial charge on any atom is -0.494 e. The van der Waals surface area contributed by atoms with Gasteiger partial charge < -0.3 is 14.8 Å². The molecule has 110 valence electrons. The zero-order valence-corrected chi connectivity index (χ0v) is 12.2. The van der Waals surface area contributed by atoms with Crippen molar-refractivity contribution in [3.8, 4) is 11.5 Å². The van der Waals surface area contributed by atoms with E-state index in [-0.39, 0.29) is 5.91 Å². The van der Waals surface area contributed by atoms with Crippen LogP contribution in [0.3, 0.4) is 0 Å². The third-order valence-electron chi connectivity index (χ3n) is 2.86. The summed E-state index contributed by atoms with van der Waals surface area (Å²) in [5.74, 6) is 1.26. The highest BCUT2D eigenvalue weighted by Gasteiger charge is 2.14. The molecule has 0 spiro atoms. The molecule has 0 saturated heterocycles. The molecular formula is C17H19NO3. The maximum atomic E-state index is 12.1. The molecule has 4 heteroatoms. The molecule has 2 aromatic rings. The van der Waals surface area contributed by atoms with Gasteiger partial charge in [-0.05, 0) is 50.2 Å². The molecule has 0 aliphatic heterocycles. The average molecular weight is 285 g/mol. The van der Waals surface area contributed by atoms with Crippen molar-refractivity contribution in [2.24, 2.45) is 0 Å². The lowest BCUT2D eigenvalue weighted by molar-refractivity contribution is -0.122. The van der Waals surface area contributed by atoms with Gasteiger partial charge >= 0.3 is 0 Å². The largest absolute Gasteiger partial charge is 0.494 e. The quantitative estimate of drug-likeness (QED) is 0.883. The lowest BCUT2D eigenvalue weighted by atomic mass is 10.2. The summed E-state index contributed by atoms with van der Waals surface area (Å²) in [5.41, 5.74) is 0.715. The smallest absolute Gasteiger partial charge is 0.265 e. The van der Waals surface area contributed by atoms with Crippen LogP contribution >= 0.6 is 0 Å². The van der Waals surface area contributed by atoms with Crippen LogP contribution < -0.4 is 14.8 Å². The summed E-state index contributed by atoms with van der Waals surface area (Å²) in [6.45, 7) is 4.27. The molecule has 21 heavy (non-hydrogen) atoms. The molecule has 0 aromatic heterocycles. The monoisotopic (exact) mass is 285 g/mol. The first-order valence-corrected chi connectivity index (χ1v) is 6.94. The number of ether oxygens (including phenoxy) is 2. The van der Waals surface area contributed by atoms with Crippen molar-refractivity contribution < 1.29 is 14.3 Å². The van der Waals surface area contributed by atoms with Crippen molar-refractivity contribution in [1.29, 1.82) is 0 Å². The van der Waals surface area contributed by atoms with Gasteiger partial charge in [0.25, 0.3) is 5.91 Å². The second kappa shape index (κ2) is 7.33. The van der Waals surface area contributed by atoms with E-state index in [2.05, 4.69) is 5.32 Å². The highest BCUT2D eigenvalue weighted by Crippen LogP contribution is 2.16. The molecule has 2 aromatic carbocycles. The first kappa shape index (κ1) is 14.9. The van der Waals surface area contributed by atoms with Gasteiger partial charge in [-0.15, -0.1) is 0 Å². The fourth-order valence-corrected chi connectivity index (χ4v) is 1.80. The highest BCUT2D eigenvalue weighted by molar-refractivity contribution is 5.94. The van der Waals surface area contributed by atoms with Crippen molar-refractivity contribution in [2.75, 3.05) is 11.9 Å². The molecule has 1 amide bonds. The molecule has 1 N–H and O–H groups in total. The molecule has 1 atom stereocenters. The number of benzene rings is 2. The molecule has 0 heterocycles. The van der Waals surface area contributed by atoms with Gasteiger partial charge in [0.05, 0.1) is 6.61 Å². The van der Waals surface area contributed by atoms with E-state index in [9.17, 15) is 4.79 Å². The first-order valence-electron chi connectivity index (χ1n) is 6.94. The summed E-state index contributed by atoms with van der Waals surface area (Å²) in [7, 11) is 0. The molecule has 0 radical (unpaired) electrons. The minimum absolute atomic E-state index is 0.192. The van der Waals surface area contributed by atoms with Gasteiger partial charge in [-0.2, -0.15) is 0 Å². The van der Waals surface area contributed by atoms with Crippen LogP contribution in [0.1, 0.15) is 13.8 Å². The van der Waals surface area contributed by atoms with Crippen molar-refractivity contribution in [2.45, 2.75) is 20.0 Å². The van der Waals surface area contributed by atoms with Crippen LogP contribution in [-0.2, 0) is 4.79 Å². The number of carbonyl (C=O) groups excluding carboxylic acids is 1. The maximum absolute atomic E-state index is 12.1. The lowest BCUT2D eigenvalue weighted by Gasteiger charge is -2.14. The Morgan fingerprint density at radius 1 is 1.05 bits per heavy atom. The van der Waals surface area contributed by atoms with Crippen molar-refractivity contribution in [3.05, 3.63) is 54.6 Å². The van der Waals surface area contributed by atoms with Gasteiger partial charge in [0.1, 0.15) is 11.5 Å². The number of carbonyl (C=O) groups is 1. The first-order chi connectivity index (χ1) is 10.2. The summed E-state index contributed by atoms with van der Waals surface area (Å²) in [4.78, 5) is 12.1. The van der Waals surface area contributed by atoms with Crippen LogP contribution in [0.25, 0.3) is 0 Å². The predicted octanol–water partition coefficient (Wildman–Crippen LogP) is 3.49. The number of rotatable bonds is 6. The second-order valence-corrected chi connectivity index (χ2v) is 4.52. The van der Waals surface area contributed by atoms with Crippen LogP contribution in [0.4, 0.5) is 5.69 Å². The summed E-state index contributed by atoms with van der Waals surface area (Å²) < 4.78 is 10.9. The molecule has 0 unspecified atom stereocenters. The summed E-state index contributed by atoms with van der Waals surface area (Å²) in [6, 6.07) is 16.5. The molecule has 4 nitrogen and oxygen atoms in total. The Morgan fingerprint density at radius 3 is 2.33 bits per heavy atom. The Labute approximate surface area is 124 Å². The van der Waals surface area contributed by atoms with Gasteiger partial charge in [0.15, 0.2) is 6.10 Å². The maximum Gasteiger partial charge on any atom is 0.265 e. The average Bonchev–Trinajstić information content (AvgIpc) is 2.50. The van der Waals surface area contributed by atoms with Crippen LogP contribution in [0.5, 0.6) is 11.5 Å². The number of hydrogen-bond acceptors (Lipinski definition) is 3. The topological polar surface area (TPSA) is 47.6 Å². The van der Waals surface area contributed by atoms with Gasteiger partial charge in [0.2, 0.25) is 0 Å². The normalized spacial score (nSPS) is 11.5. The van der Waals surface area contributed by atoms with Gasteiger partial charge in [0, 0.05) is 5.69 Å².